The molecule has 1 amide bonds. The Bertz CT molecular complexity index is 1290. The van der Waals surface area contributed by atoms with Crippen LogP contribution in [0.3, 0.4) is 0 Å². The molecule has 0 radical (unpaired) electrons. The molecule has 0 aliphatic heterocycles. The molecule has 12 nitrogen and oxygen atoms in total. The summed E-state index contributed by atoms with van der Waals surface area (Å²) < 4.78 is 7.53. The highest BCUT2D eigenvalue weighted by Gasteiger charge is 2.25. The van der Waals surface area contributed by atoms with Crippen LogP contribution in [0.2, 0.25) is 5.15 Å². The normalized spacial score (nSPS) is 11.5. The molecule has 0 atom stereocenters. The average Bonchev–Trinajstić information content (AvgIpc) is 3.47. The van der Waals surface area contributed by atoms with Crippen LogP contribution < -0.4 is 11.2 Å². The van der Waals surface area contributed by atoms with Gasteiger partial charge >= 0.3 is 0 Å². The quantitative estimate of drug-likeness (QED) is 0.332. The van der Waals surface area contributed by atoms with Gasteiger partial charge in [0.05, 0.1) is 28.9 Å². The van der Waals surface area contributed by atoms with E-state index in [1.807, 2.05) is 44.2 Å². The number of carbonyl (C=O) groups is 1. The van der Waals surface area contributed by atoms with Gasteiger partial charge in [-0.25, -0.2) is 14.7 Å². The van der Waals surface area contributed by atoms with Crippen molar-refractivity contribution in [3.05, 3.63) is 58.1 Å². The number of halogens is 1. The van der Waals surface area contributed by atoms with Crippen LogP contribution in [-0.2, 0) is 0 Å². The number of anilines is 1. The number of hydrogen-bond acceptors (Lipinski definition) is 9. The van der Waals surface area contributed by atoms with E-state index < -0.39 is 5.91 Å². The molecule has 3 N–H and O–H groups in total. The lowest BCUT2D eigenvalue weighted by Crippen LogP contribution is -2.21. The van der Waals surface area contributed by atoms with Crippen molar-refractivity contribution in [2.24, 2.45) is 5.10 Å². The molecule has 3 aromatic heterocycles. The lowest BCUT2D eigenvalue weighted by atomic mass is 10.1. The number of nitrogens with one attached hydrogen (secondary N) is 1. The van der Waals surface area contributed by atoms with Crippen LogP contribution in [0.25, 0.3) is 11.5 Å². The monoisotopic (exact) mass is 454 g/mol. The van der Waals surface area contributed by atoms with Crippen LogP contribution in [0, 0.1) is 6.92 Å². The molecule has 0 saturated carbocycles. The third kappa shape index (κ3) is 3.83. The first-order valence-corrected chi connectivity index (χ1v) is 9.94. The van der Waals surface area contributed by atoms with Gasteiger partial charge in [-0.3, -0.25) is 4.79 Å². The van der Waals surface area contributed by atoms with Crippen LogP contribution in [-0.4, -0.2) is 47.2 Å². The second-order valence-electron chi connectivity index (χ2n) is 7.10. The summed E-state index contributed by atoms with van der Waals surface area (Å²) in [5, 5.41) is 24.0. The Kier molecular flexibility index (Phi) is 5.69. The lowest BCUT2D eigenvalue weighted by Gasteiger charge is -2.08. The van der Waals surface area contributed by atoms with E-state index in [0.717, 1.165) is 5.69 Å². The Hall–Kier alpha value is -4.06. The minimum atomic E-state index is -0.560. The molecule has 3 heterocycles. The number of hydrazone groups is 1. The number of aromatic nitrogens is 7. The fourth-order valence-corrected chi connectivity index (χ4v) is 3.39. The number of rotatable bonds is 6. The van der Waals surface area contributed by atoms with Gasteiger partial charge < -0.3 is 5.73 Å². The molecule has 0 spiro atoms. The van der Waals surface area contributed by atoms with Crippen LogP contribution >= 0.6 is 11.6 Å². The van der Waals surface area contributed by atoms with E-state index in [-0.39, 0.29) is 23.2 Å². The summed E-state index contributed by atoms with van der Waals surface area (Å²) in [6.45, 7) is 5.55. The van der Waals surface area contributed by atoms with Gasteiger partial charge in [-0.05, 0) is 35.3 Å². The summed E-state index contributed by atoms with van der Waals surface area (Å²) in [6, 6.07) is 9.45. The van der Waals surface area contributed by atoms with Crippen molar-refractivity contribution in [1.29, 1.82) is 0 Å². The van der Waals surface area contributed by atoms with Gasteiger partial charge in [0.25, 0.3) is 5.91 Å². The standard InChI is InChI=1S/C19H19ClN10O2/c1-10(2)15-14(23-28-30(15)18-17(21)26-32-27-18)19(31)24-22-9-13-11(3)25-29(16(13)20)12-7-5-4-6-8-12/h4-10H,1-3H3,(H2,21,26)(H,24,31)/b22-9+. The van der Waals surface area contributed by atoms with Crippen molar-refractivity contribution < 1.29 is 9.42 Å². The van der Waals surface area contributed by atoms with Crippen LogP contribution in [0.15, 0.2) is 40.1 Å². The Balaban J connectivity index is 1.57. The number of nitrogen functional groups attached to an aromatic ring is 1. The maximum Gasteiger partial charge on any atom is 0.293 e. The molecule has 0 bridgehead atoms. The number of nitrogens with two attached hydrogens (primary N) is 1. The third-order valence-corrected chi connectivity index (χ3v) is 4.94. The Labute approximate surface area is 187 Å². The smallest absolute Gasteiger partial charge is 0.293 e. The Morgan fingerprint density at radius 1 is 1.25 bits per heavy atom. The average molecular weight is 455 g/mol. The predicted octanol–water partition coefficient (Wildman–Crippen LogP) is 2.27. The molecular formula is C19H19ClN10O2. The van der Waals surface area contributed by atoms with Gasteiger partial charge in [0.1, 0.15) is 5.15 Å². The summed E-state index contributed by atoms with van der Waals surface area (Å²) >= 11 is 6.48. The summed E-state index contributed by atoms with van der Waals surface area (Å²) in [5.41, 5.74) is 10.8. The first-order chi connectivity index (χ1) is 15.4. The molecule has 32 heavy (non-hydrogen) atoms. The maximum atomic E-state index is 12.7. The number of hydrogen-bond donors (Lipinski definition) is 2. The zero-order valence-electron chi connectivity index (χ0n) is 17.4. The van der Waals surface area contributed by atoms with E-state index in [9.17, 15) is 4.79 Å². The molecule has 13 heteroatoms. The van der Waals surface area contributed by atoms with Crippen molar-refractivity contribution in [3.8, 4) is 11.5 Å². The molecule has 0 unspecified atom stereocenters. The first kappa shape index (κ1) is 21.2. The number of benzene rings is 1. The van der Waals surface area contributed by atoms with Gasteiger partial charge in [-0.1, -0.05) is 48.9 Å². The van der Waals surface area contributed by atoms with E-state index in [4.69, 9.17) is 17.3 Å². The number of carbonyl (C=O) groups excluding carboxylic acids is 1. The fraction of sp³-hybridized carbons (Fsp3) is 0.211. The molecule has 4 rings (SSSR count). The second-order valence-corrected chi connectivity index (χ2v) is 7.46. The minimum absolute atomic E-state index is 0.0299. The molecule has 164 valence electrons. The minimum Gasteiger partial charge on any atom is -0.378 e. The SMILES string of the molecule is Cc1nn(-c2ccccc2)c(Cl)c1/C=N/NC(=O)c1nnn(-c2nonc2N)c1C(C)C. The van der Waals surface area contributed by atoms with E-state index in [1.54, 1.807) is 11.6 Å². The number of para-hydroxylation sites is 1. The Morgan fingerprint density at radius 3 is 2.66 bits per heavy atom. The van der Waals surface area contributed by atoms with Crippen molar-refractivity contribution in [1.82, 2.24) is 40.5 Å². The van der Waals surface area contributed by atoms with Crippen molar-refractivity contribution in [2.75, 3.05) is 5.73 Å². The van der Waals surface area contributed by atoms with Gasteiger partial charge in [0.2, 0.25) is 11.6 Å². The second kappa shape index (κ2) is 8.59. The van der Waals surface area contributed by atoms with Crippen LogP contribution in [0.5, 0.6) is 0 Å². The van der Waals surface area contributed by atoms with E-state index in [2.05, 4.69) is 40.9 Å². The third-order valence-electron chi connectivity index (χ3n) is 4.57. The van der Waals surface area contributed by atoms with Crippen molar-refractivity contribution in [2.45, 2.75) is 26.7 Å². The van der Waals surface area contributed by atoms with Gasteiger partial charge in [0.15, 0.2) is 5.69 Å². The Morgan fingerprint density at radius 2 is 2.00 bits per heavy atom. The van der Waals surface area contributed by atoms with Gasteiger partial charge in [-0.2, -0.15) is 14.9 Å². The molecule has 4 aromatic rings. The molecule has 0 saturated heterocycles. The number of nitrogens with zero attached hydrogens (tertiary/aromatic N) is 8. The summed E-state index contributed by atoms with van der Waals surface area (Å²) in [7, 11) is 0. The largest absolute Gasteiger partial charge is 0.378 e. The lowest BCUT2D eigenvalue weighted by molar-refractivity contribution is 0.0948. The molecule has 0 aliphatic carbocycles. The van der Waals surface area contributed by atoms with Crippen molar-refractivity contribution in [3.63, 3.8) is 0 Å². The van der Waals surface area contributed by atoms with Gasteiger partial charge in [-0.15, -0.1) is 5.10 Å². The van der Waals surface area contributed by atoms with Crippen molar-refractivity contribution >= 4 is 29.5 Å². The zero-order chi connectivity index (χ0) is 22.8. The van der Waals surface area contributed by atoms with Crippen LogP contribution in [0.1, 0.15) is 47.2 Å². The summed E-state index contributed by atoms with van der Waals surface area (Å²) in [6.07, 6.45) is 1.43. The highest BCUT2D eigenvalue weighted by molar-refractivity contribution is 6.32. The fourth-order valence-electron chi connectivity index (χ4n) is 3.07. The highest BCUT2D eigenvalue weighted by Crippen LogP contribution is 2.23. The predicted molar refractivity (Wildman–Crippen MR) is 116 cm³/mol. The van der Waals surface area contributed by atoms with E-state index in [0.29, 0.717) is 22.1 Å². The maximum absolute atomic E-state index is 12.7. The number of amides is 1. The molecule has 0 fully saturated rings. The molecule has 1 aromatic carbocycles. The molecular weight excluding hydrogens is 436 g/mol. The topological polar surface area (TPSA) is 155 Å². The highest BCUT2D eigenvalue weighted by atomic mass is 35.5. The first-order valence-electron chi connectivity index (χ1n) is 9.56. The zero-order valence-corrected chi connectivity index (χ0v) is 18.1. The van der Waals surface area contributed by atoms with E-state index >= 15 is 0 Å². The van der Waals surface area contributed by atoms with Crippen LogP contribution in [0.4, 0.5) is 5.82 Å². The van der Waals surface area contributed by atoms with Gasteiger partial charge in [0, 0.05) is 0 Å². The van der Waals surface area contributed by atoms with E-state index in [1.165, 1.54) is 10.9 Å². The summed E-state index contributed by atoms with van der Waals surface area (Å²) in [4.78, 5) is 12.7. The number of aryl methyl sites for hydroxylation is 1. The molecule has 0 aliphatic rings. The summed E-state index contributed by atoms with van der Waals surface area (Å²) in [5.74, 6) is -0.510.